The Morgan fingerprint density at radius 1 is 1.35 bits per heavy atom. The van der Waals surface area contributed by atoms with Crippen molar-refractivity contribution >= 4 is 17.6 Å². The Morgan fingerprint density at radius 2 is 2.22 bits per heavy atom. The normalized spacial score (nSPS) is 20.0. The van der Waals surface area contributed by atoms with Crippen molar-refractivity contribution in [2.24, 2.45) is 0 Å². The van der Waals surface area contributed by atoms with E-state index in [9.17, 15) is 9.59 Å². The van der Waals surface area contributed by atoms with Gasteiger partial charge < -0.3 is 20.3 Å². The van der Waals surface area contributed by atoms with Crippen LogP contribution in [0.5, 0.6) is 0 Å². The van der Waals surface area contributed by atoms with Crippen molar-refractivity contribution in [3.8, 4) is 0 Å². The number of carbonyl (C=O) groups excluding carboxylic acids is 2. The Balaban J connectivity index is 1.57. The van der Waals surface area contributed by atoms with Gasteiger partial charge in [-0.3, -0.25) is 4.79 Å². The number of hydrogen-bond donors (Lipinski definition) is 2. The van der Waals surface area contributed by atoms with Gasteiger partial charge in [0.2, 0.25) is 5.91 Å². The SMILES string of the molecule is CC(=O)N1CCc2ccc(NC(=O)NCC3CCCO3)cc2C1. The first-order valence-electron chi connectivity index (χ1n) is 8.15. The molecular weight excluding hydrogens is 294 g/mol. The second-order valence-corrected chi connectivity index (χ2v) is 6.14. The van der Waals surface area contributed by atoms with Crippen molar-refractivity contribution in [2.45, 2.75) is 38.8 Å². The van der Waals surface area contributed by atoms with Gasteiger partial charge in [0.1, 0.15) is 0 Å². The molecule has 1 atom stereocenters. The number of rotatable bonds is 3. The van der Waals surface area contributed by atoms with Crippen LogP contribution in [0.25, 0.3) is 0 Å². The van der Waals surface area contributed by atoms with Crippen molar-refractivity contribution in [3.63, 3.8) is 0 Å². The van der Waals surface area contributed by atoms with E-state index in [-0.39, 0.29) is 18.0 Å². The Labute approximate surface area is 136 Å². The topological polar surface area (TPSA) is 70.7 Å². The summed E-state index contributed by atoms with van der Waals surface area (Å²) in [6.45, 7) is 4.28. The third-order valence-corrected chi connectivity index (χ3v) is 4.44. The van der Waals surface area contributed by atoms with Gasteiger partial charge in [-0.2, -0.15) is 0 Å². The lowest BCUT2D eigenvalue weighted by Crippen LogP contribution is -2.35. The van der Waals surface area contributed by atoms with E-state index in [0.717, 1.165) is 43.7 Å². The lowest BCUT2D eigenvalue weighted by atomic mass is 9.99. The molecule has 1 aromatic carbocycles. The van der Waals surface area contributed by atoms with Crippen molar-refractivity contribution in [1.82, 2.24) is 10.2 Å². The Bertz CT molecular complexity index is 597. The minimum absolute atomic E-state index is 0.0864. The van der Waals surface area contributed by atoms with Crippen molar-refractivity contribution in [1.29, 1.82) is 0 Å². The molecule has 1 saturated heterocycles. The average Bonchev–Trinajstić information content (AvgIpc) is 3.05. The first-order chi connectivity index (χ1) is 11.1. The number of anilines is 1. The first-order valence-corrected chi connectivity index (χ1v) is 8.15. The summed E-state index contributed by atoms with van der Waals surface area (Å²) in [6.07, 6.45) is 3.06. The molecule has 3 rings (SSSR count). The third kappa shape index (κ3) is 4.01. The average molecular weight is 317 g/mol. The first kappa shape index (κ1) is 15.8. The maximum absolute atomic E-state index is 12.0. The molecular formula is C17H23N3O3. The van der Waals surface area contributed by atoms with Gasteiger partial charge in [0.05, 0.1) is 6.10 Å². The predicted octanol–water partition coefficient (Wildman–Crippen LogP) is 1.89. The molecule has 0 aliphatic carbocycles. The van der Waals surface area contributed by atoms with Crippen LogP contribution < -0.4 is 10.6 Å². The largest absolute Gasteiger partial charge is 0.376 e. The molecule has 0 radical (unpaired) electrons. The zero-order chi connectivity index (χ0) is 16.2. The highest BCUT2D eigenvalue weighted by atomic mass is 16.5. The summed E-state index contributed by atoms with van der Waals surface area (Å²) in [6, 6.07) is 5.67. The molecule has 124 valence electrons. The van der Waals surface area contributed by atoms with E-state index in [0.29, 0.717) is 13.1 Å². The van der Waals surface area contributed by atoms with Crippen LogP contribution in [0.3, 0.4) is 0 Å². The van der Waals surface area contributed by atoms with Gasteiger partial charge in [-0.05, 0) is 42.5 Å². The predicted molar refractivity (Wildman–Crippen MR) is 87.2 cm³/mol. The minimum atomic E-state index is -0.223. The number of hydrogen-bond acceptors (Lipinski definition) is 3. The van der Waals surface area contributed by atoms with E-state index in [4.69, 9.17) is 4.74 Å². The van der Waals surface area contributed by atoms with Crippen molar-refractivity contribution in [3.05, 3.63) is 29.3 Å². The van der Waals surface area contributed by atoms with Gasteiger partial charge in [0, 0.05) is 38.9 Å². The zero-order valence-corrected chi connectivity index (χ0v) is 13.4. The van der Waals surface area contributed by atoms with Crippen LogP contribution in [0, 0.1) is 0 Å². The summed E-state index contributed by atoms with van der Waals surface area (Å²) in [5.74, 6) is 0.0864. The lowest BCUT2D eigenvalue weighted by molar-refractivity contribution is -0.129. The Hall–Kier alpha value is -2.08. The molecule has 3 amide bonds. The smallest absolute Gasteiger partial charge is 0.319 e. The maximum Gasteiger partial charge on any atom is 0.319 e. The van der Waals surface area contributed by atoms with Crippen LogP contribution >= 0.6 is 0 Å². The number of fused-ring (bicyclic) bond motifs is 1. The minimum Gasteiger partial charge on any atom is -0.376 e. The number of ether oxygens (including phenoxy) is 1. The monoisotopic (exact) mass is 317 g/mol. The molecule has 0 bridgehead atoms. The molecule has 1 fully saturated rings. The Morgan fingerprint density at radius 3 is 2.96 bits per heavy atom. The van der Waals surface area contributed by atoms with E-state index >= 15 is 0 Å². The molecule has 23 heavy (non-hydrogen) atoms. The highest BCUT2D eigenvalue weighted by Gasteiger charge is 2.19. The molecule has 2 heterocycles. The molecule has 1 unspecified atom stereocenters. The standard InChI is InChI=1S/C17H23N3O3/c1-12(21)20-7-6-13-4-5-15(9-14(13)11-20)19-17(22)18-10-16-3-2-8-23-16/h4-5,9,16H,2-3,6-8,10-11H2,1H3,(H2,18,19,22). The number of benzene rings is 1. The fourth-order valence-electron chi connectivity index (χ4n) is 3.09. The summed E-state index contributed by atoms with van der Waals surface area (Å²) < 4.78 is 5.48. The molecule has 1 aromatic rings. The number of amides is 3. The molecule has 0 aromatic heterocycles. The molecule has 2 N–H and O–H groups in total. The van der Waals surface area contributed by atoms with Crippen molar-refractivity contribution in [2.75, 3.05) is 25.0 Å². The van der Waals surface area contributed by atoms with E-state index in [1.807, 2.05) is 23.1 Å². The van der Waals surface area contributed by atoms with Gasteiger partial charge in [0.25, 0.3) is 0 Å². The van der Waals surface area contributed by atoms with E-state index < -0.39 is 0 Å². The summed E-state index contributed by atoms with van der Waals surface area (Å²) >= 11 is 0. The molecule has 0 saturated carbocycles. The van der Waals surface area contributed by atoms with Crippen LogP contribution in [0.15, 0.2) is 18.2 Å². The number of nitrogens with one attached hydrogen (secondary N) is 2. The van der Waals surface area contributed by atoms with E-state index in [2.05, 4.69) is 10.6 Å². The van der Waals surface area contributed by atoms with Gasteiger partial charge in [-0.25, -0.2) is 4.79 Å². The third-order valence-electron chi connectivity index (χ3n) is 4.44. The van der Waals surface area contributed by atoms with E-state index in [1.165, 1.54) is 5.56 Å². The maximum atomic E-state index is 12.0. The van der Waals surface area contributed by atoms with Crippen LogP contribution in [0.1, 0.15) is 30.9 Å². The highest BCUT2D eigenvalue weighted by Crippen LogP contribution is 2.22. The van der Waals surface area contributed by atoms with Crippen LogP contribution in [-0.4, -0.2) is 42.6 Å². The lowest BCUT2D eigenvalue weighted by Gasteiger charge is -2.28. The molecule has 6 nitrogen and oxygen atoms in total. The van der Waals surface area contributed by atoms with Crippen LogP contribution in [-0.2, 0) is 22.5 Å². The quantitative estimate of drug-likeness (QED) is 0.894. The van der Waals surface area contributed by atoms with Crippen molar-refractivity contribution < 1.29 is 14.3 Å². The van der Waals surface area contributed by atoms with E-state index in [1.54, 1.807) is 6.92 Å². The van der Waals surface area contributed by atoms with Gasteiger partial charge in [-0.15, -0.1) is 0 Å². The molecule has 2 aliphatic heterocycles. The fraction of sp³-hybridized carbons (Fsp3) is 0.529. The summed E-state index contributed by atoms with van der Waals surface area (Å²) in [5.41, 5.74) is 3.09. The number of nitrogens with zero attached hydrogens (tertiary/aromatic N) is 1. The molecule has 6 heteroatoms. The van der Waals surface area contributed by atoms with Gasteiger partial charge >= 0.3 is 6.03 Å². The fourth-order valence-corrected chi connectivity index (χ4v) is 3.09. The van der Waals surface area contributed by atoms with Crippen LogP contribution in [0.4, 0.5) is 10.5 Å². The summed E-state index contributed by atoms with van der Waals surface area (Å²) in [7, 11) is 0. The molecule has 2 aliphatic rings. The second kappa shape index (κ2) is 7.00. The summed E-state index contributed by atoms with van der Waals surface area (Å²) in [4.78, 5) is 25.3. The molecule has 0 spiro atoms. The number of carbonyl (C=O) groups is 2. The Kier molecular flexibility index (Phi) is 4.81. The van der Waals surface area contributed by atoms with Gasteiger partial charge in [0.15, 0.2) is 0 Å². The van der Waals surface area contributed by atoms with Gasteiger partial charge in [-0.1, -0.05) is 6.07 Å². The van der Waals surface area contributed by atoms with Crippen LogP contribution in [0.2, 0.25) is 0 Å². The second-order valence-electron chi connectivity index (χ2n) is 6.14. The summed E-state index contributed by atoms with van der Waals surface area (Å²) in [5, 5.41) is 5.69. The number of urea groups is 1. The highest BCUT2D eigenvalue weighted by molar-refractivity contribution is 5.89. The zero-order valence-electron chi connectivity index (χ0n) is 13.4.